The van der Waals surface area contributed by atoms with E-state index in [2.05, 4.69) is 92.9 Å². The minimum atomic E-state index is -4.69. The molecule has 6 heteroatoms. The van der Waals surface area contributed by atoms with E-state index in [4.69, 9.17) is 0 Å². The van der Waals surface area contributed by atoms with Gasteiger partial charge >= 0.3 is 6.36 Å². The third kappa shape index (κ3) is 4.96. The summed E-state index contributed by atoms with van der Waals surface area (Å²) in [5.41, 5.74) is 6.62. The topological polar surface area (TPSA) is 19.1 Å². The summed E-state index contributed by atoms with van der Waals surface area (Å²) in [7, 11) is 0. The maximum Gasteiger partial charge on any atom is 0.573 e. The van der Waals surface area contributed by atoms with Crippen molar-refractivity contribution < 1.29 is 17.9 Å². The van der Waals surface area contributed by atoms with E-state index in [1.165, 1.54) is 28.6 Å². The number of benzene rings is 4. The van der Waals surface area contributed by atoms with Gasteiger partial charge in [0.2, 0.25) is 0 Å². The van der Waals surface area contributed by atoms with E-state index in [1.807, 2.05) is 12.3 Å². The fourth-order valence-corrected chi connectivity index (χ4v) is 4.78. The van der Waals surface area contributed by atoms with E-state index >= 15 is 0 Å². The molecule has 0 atom stereocenters. The Morgan fingerprint density at radius 2 is 1.08 bits per heavy atom. The van der Waals surface area contributed by atoms with Crippen LogP contribution in [0.25, 0.3) is 32.9 Å². The van der Waals surface area contributed by atoms with Crippen molar-refractivity contribution in [3.63, 3.8) is 0 Å². The predicted octanol–water partition coefficient (Wildman–Crippen LogP) is 8.26. The summed E-state index contributed by atoms with van der Waals surface area (Å²) in [6.45, 7) is 1.35. The summed E-state index contributed by atoms with van der Waals surface area (Å²) in [6.07, 6.45) is -0.565. The molecule has 0 aliphatic rings. The van der Waals surface area contributed by atoms with Gasteiger partial charge in [-0.05, 0) is 69.4 Å². The second-order valence-corrected chi connectivity index (χ2v) is 9.11. The highest BCUT2D eigenvalue weighted by Crippen LogP contribution is 2.30. The molecule has 184 valence electrons. The molecule has 3 nitrogen and oxygen atoms in total. The molecule has 0 saturated carbocycles. The lowest BCUT2D eigenvalue weighted by Gasteiger charge is -2.11. The van der Waals surface area contributed by atoms with E-state index in [9.17, 15) is 13.2 Å². The van der Waals surface area contributed by atoms with Crippen LogP contribution in [0.3, 0.4) is 0 Å². The first-order valence-electron chi connectivity index (χ1n) is 12.0. The van der Waals surface area contributed by atoms with Crippen molar-refractivity contribution >= 4 is 21.8 Å². The highest BCUT2D eigenvalue weighted by Gasteiger charge is 2.30. The van der Waals surface area contributed by atoms with Crippen LogP contribution < -0.4 is 4.74 Å². The summed E-state index contributed by atoms with van der Waals surface area (Å²) in [6, 6.07) is 33.5. The first kappa shape index (κ1) is 23.0. The zero-order valence-electron chi connectivity index (χ0n) is 19.8. The highest BCUT2D eigenvalue weighted by molar-refractivity contribution is 5.89. The normalized spacial score (nSPS) is 11.9. The minimum absolute atomic E-state index is 0.219. The molecule has 37 heavy (non-hydrogen) atoms. The van der Waals surface area contributed by atoms with Crippen molar-refractivity contribution in [1.82, 2.24) is 9.13 Å². The van der Waals surface area contributed by atoms with Gasteiger partial charge in [-0.25, -0.2) is 0 Å². The standard InChI is InChI=1S/C31H23F3N2O/c32-31(33,34)37-28-12-6-23(7-13-28)21-36-17-15-25-9-11-27(19-30(25)36)26-10-8-24-14-16-35(29(24)18-26)20-22-4-2-1-3-5-22/h1-19H,20-21H2. The van der Waals surface area contributed by atoms with Crippen LogP contribution in [0.2, 0.25) is 0 Å². The Labute approximate surface area is 212 Å². The molecular weight excluding hydrogens is 473 g/mol. The maximum atomic E-state index is 12.5. The van der Waals surface area contributed by atoms with Crippen molar-refractivity contribution in [2.75, 3.05) is 0 Å². The average Bonchev–Trinajstić information content (AvgIpc) is 3.48. The van der Waals surface area contributed by atoms with Gasteiger partial charge in [-0.15, -0.1) is 13.2 Å². The number of nitrogens with zero attached hydrogens (tertiary/aromatic N) is 2. The minimum Gasteiger partial charge on any atom is -0.406 e. The van der Waals surface area contributed by atoms with Gasteiger partial charge in [-0.3, -0.25) is 0 Å². The van der Waals surface area contributed by atoms with Crippen molar-refractivity contribution in [2.24, 2.45) is 0 Å². The number of halogens is 3. The molecule has 6 aromatic rings. The first-order valence-corrected chi connectivity index (χ1v) is 12.0. The van der Waals surface area contributed by atoms with Crippen LogP contribution >= 0.6 is 0 Å². The second kappa shape index (κ2) is 9.21. The van der Waals surface area contributed by atoms with Crippen molar-refractivity contribution in [3.05, 3.63) is 127 Å². The Balaban J connectivity index is 1.29. The van der Waals surface area contributed by atoms with Gasteiger partial charge in [0.1, 0.15) is 5.75 Å². The summed E-state index contributed by atoms with van der Waals surface area (Å²) in [5, 5.41) is 2.30. The number of aromatic nitrogens is 2. The van der Waals surface area contributed by atoms with Crippen LogP contribution in [-0.4, -0.2) is 15.5 Å². The van der Waals surface area contributed by atoms with Gasteiger partial charge in [-0.1, -0.05) is 66.7 Å². The van der Waals surface area contributed by atoms with Gasteiger partial charge in [0.05, 0.1) is 0 Å². The number of rotatable bonds is 6. The van der Waals surface area contributed by atoms with Crippen LogP contribution in [0.5, 0.6) is 5.75 Å². The molecule has 0 fully saturated rings. The molecule has 0 radical (unpaired) electrons. The van der Waals surface area contributed by atoms with E-state index in [0.717, 1.165) is 34.1 Å². The molecule has 0 aliphatic carbocycles. The molecular formula is C31H23F3N2O. The molecule has 0 spiro atoms. The van der Waals surface area contributed by atoms with Crippen LogP contribution in [0.1, 0.15) is 11.1 Å². The second-order valence-electron chi connectivity index (χ2n) is 9.11. The number of hydrogen-bond acceptors (Lipinski definition) is 1. The van der Waals surface area contributed by atoms with Gasteiger partial charge < -0.3 is 13.9 Å². The lowest BCUT2D eigenvalue weighted by atomic mass is 10.0. The molecule has 0 bridgehead atoms. The molecule has 0 N–H and O–H groups in total. The Hall–Kier alpha value is -4.45. The summed E-state index contributed by atoms with van der Waals surface area (Å²) in [5.74, 6) is -0.219. The van der Waals surface area contributed by atoms with Crippen LogP contribution in [0.4, 0.5) is 13.2 Å². The van der Waals surface area contributed by atoms with Crippen molar-refractivity contribution in [2.45, 2.75) is 19.5 Å². The molecule has 2 heterocycles. The molecule has 0 amide bonds. The molecule has 0 aliphatic heterocycles. The van der Waals surface area contributed by atoms with Crippen molar-refractivity contribution in [1.29, 1.82) is 0 Å². The van der Waals surface area contributed by atoms with Crippen LogP contribution in [0.15, 0.2) is 116 Å². The molecule has 0 unspecified atom stereocenters. The van der Waals surface area contributed by atoms with E-state index in [0.29, 0.717) is 6.54 Å². The fourth-order valence-electron chi connectivity index (χ4n) is 4.78. The number of fused-ring (bicyclic) bond motifs is 2. The average molecular weight is 497 g/mol. The molecule has 2 aromatic heterocycles. The van der Waals surface area contributed by atoms with E-state index in [1.54, 1.807) is 12.1 Å². The lowest BCUT2D eigenvalue weighted by Crippen LogP contribution is -2.17. The third-order valence-electron chi connectivity index (χ3n) is 6.59. The molecule has 0 saturated heterocycles. The van der Waals surface area contributed by atoms with E-state index in [-0.39, 0.29) is 5.75 Å². The SMILES string of the molecule is FC(F)(F)Oc1ccc(Cn2ccc3ccc(-c4ccc5ccn(Cc6ccccc6)c5c4)cc32)cc1. The molecule has 6 rings (SSSR count). The third-order valence-corrected chi connectivity index (χ3v) is 6.59. The van der Waals surface area contributed by atoms with E-state index < -0.39 is 6.36 Å². The monoisotopic (exact) mass is 496 g/mol. The zero-order valence-corrected chi connectivity index (χ0v) is 19.8. The first-order chi connectivity index (χ1) is 17.9. The van der Waals surface area contributed by atoms with Gasteiger partial charge in [0.15, 0.2) is 0 Å². The van der Waals surface area contributed by atoms with Gasteiger partial charge in [-0.2, -0.15) is 0 Å². The quantitative estimate of drug-likeness (QED) is 0.227. The number of hydrogen-bond donors (Lipinski definition) is 0. The zero-order chi connectivity index (χ0) is 25.4. The highest BCUT2D eigenvalue weighted by atomic mass is 19.4. The summed E-state index contributed by atoms with van der Waals surface area (Å²) >= 11 is 0. The van der Waals surface area contributed by atoms with Crippen LogP contribution in [-0.2, 0) is 13.1 Å². The largest absolute Gasteiger partial charge is 0.573 e. The Morgan fingerprint density at radius 1 is 0.568 bits per heavy atom. The Morgan fingerprint density at radius 3 is 1.59 bits per heavy atom. The molecule has 4 aromatic carbocycles. The van der Waals surface area contributed by atoms with Crippen LogP contribution in [0, 0.1) is 0 Å². The van der Waals surface area contributed by atoms with Gasteiger partial charge in [0.25, 0.3) is 0 Å². The van der Waals surface area contributed by atoms with Gasteiger partial charge in [0, 0.05) is 36.5 Å². The maximum absolute atomic E-state index is 12.5. The Kier molecular flexibility index (Phi) is 5.72. The smallest absolute Gasteiger partial charge is 0.406 e. The summed E-state index contributed by atoms with van der Waals surface area (Å²) < 4.78 is 45.7. The Bertz CT molecular complexity index is 1680. The lowest BCUT2D eigenvalue weighted by molar-refractivity contribution is -0.274. The predicted molar refractivity (Wildman–Crippen MR) is 141 cm³/mol. The van der Waals surface area contributed by atoms with Crippen molar-refractivity contribution in [3.8, 4) is 16.9 Å². The number of alkyl halides is 3. The number of ether oxygens (including phenoxy) is 1. The summed E-state index contributed by atoms with van der Waals surface area (Å²) in [4.78, 5) is 0. The fraction of sp³-hybridized carbons (Fsp3) is 0.0968.